The number of carbonyl (C=O) groups is 1. The van der Waals surface area contributed by atoms with Gasteiger partial charge >= 0.3 is 0 Å². The van der Waals surface area contributed by atoms with Crippen molar-refractivity contribution in [2.45, 2.75) is 35.1 Å². The van der Waals surface area contributed by atoms with Gasteiger partial charge in [0, 0.05) is 5.97 Å². The maximum absolute atomic E-state index is 9.82. The first kappa shape index (κ1) is 15.8. The van der Waals surface area contributed by atoms with E-state index in [1.54, 1.807) is 6.92 Å². The molecule has 0 aromatic rings. The highest BCUT2D eigenvalue weighted by Gasteiger charge is 1.94. The highest BCUT2D eigenvalue weighted by atomic mass is 16.4. The normalized spacial score (nSPS) is 10.4. The van der Waals surface area contributed by atoms with E-state index in [-0.39, 0.29) is 20.8 Å². The van der Waals surface area contributed by atoms with E-state index in [4.69, 9.17) is 0 Å². The van der Waals surface area contributed by atoms with Gasteiger partial charge in [-0.2, -0.15) is 0 Å². The Balaban J connectivity index is -0.000000180. The predicted molar refractivity (Wildman–Crippen MR) is 37.9 cm³/mol. The quantitative estimate of drug-likeness (QED) is 0.565. The zero-order valence-corrected chi connectivity index (χ0v) is 4.60. The van der Waals surface area contributed by atoms with Gasteiger partial charge in [0.2, 0.25) is 0 Å². The SMILES string of the molecule is C.C.CCC(C)C(=O)[O-]. The zero-order chi connectivity index (χ0) is 5.86. The van der Waals surface area contributed by atoms with E-state index in [0.29, 0.717) is 6.42 Å². The molecular weight excluding hydrogens is 116 g/mol. The summed E-state index contributed by atoms with van der Waals surface area (Å²) in [5.74, 6) is -1.25. The van der Waals surface area contributed by atoms with Gasteiger partial charge in [0.1, 0.15) is 0 Å². The summed E-state index contributed by atoms with van der Waals surface area (Å²) in [4.78, 5) is 9.82. The largest absolute Gasteiger partial charge is 0.550 e. The molecule has 0 aromatic heterocycles. The summed E-state index contributed by atoms with van der Waals surface area (Å²) in [5, 5.41) is 9.82. The Labute approximate surface area is 57.9 Å². The first-order valence-corrected chi connectivity index (χ1v) is 2.39. The molecule has 2 heteroatoms. The van der Waals surface area contributed by atoms with Crippen LogP contribution < -0.4 is 5.11 Å². The van der Waals surface area contributed by atoms with Gasteiger partial charge in [0.05, 0.1) is 0 Å². The van der Waals surface area contributed by atoms with Crippen molar-refractivity contribution in [1.82, 2.24) is 0 Å². The molecule has 0 spiro atoms. The second-order valence-electron chi connectivity index (χ2n) is 1.63. The van der Waals surface area contributed by atoms with E-state index in [9.17, 15) is 9.90 Å². The second kappa shape index (κ2) is 7.47. The van der Waals surface area contributed by atoms with Crippen LogP contribution in [0.2, 0.25) is 0 Å². The van der Waals surface area contributed by atoms with Gasteiger partial charge in [-0.25, -0.2) is 0 Å². The Hall–Kier alpha value is -0.530. The van der Waals surface area contributed by atoms with E-state index >= 15 is 0 Å². The van der Waals surface area contributed by atoms with Gasteiger partial charge in [0.25, 0.3) is 0 Å². The maximum Gasteiger partial charge on any atom is 0.0442 e. The predicted octanol–water partition coefficient (Wildman–Crippen LogP) is 1.05. The fourth-order valence-electron chi connectivity index (χ4n) is 0.167. The first-order chi connectivity index (χ1) is 3.18. The molecule has 0 saturated heterocycles. The minimum atomic E-state index is -0.956. The number of hydrogen-bond acceptors (Lipinski definition) is 2. The Kier molecular flexibility index (Phi) is 13.1. The van der Waals surface area contributed by atoms with Crippen LogP contribution in [-0.2, 0) is 4.79 Å². The lowest BCUT2D eigenvalue weighted by Crippen LogP contribution is -2.28. The van der Waals surface area contributed by atoms with Crippen LogP contribution in [0.15, 0.2) is 0 Å². The lowest BCUT2D eigenvalue weighted by atomic mass is 10.1. The minimum Gasteiger partial charge on any atom is -0.550 e. The van der Waals surface area contributed by atoms with Crippen LogP contribution in [0.4, 0.5) is 0 Å². The summed E-state index contributed by atoms with van der Waals surface area (Å²) in [7, 11) is 0. The molecule has 0 bridgehead atoms. The molecule has 58 valence electrons. The Morgan fingerprint density at radius 1 is 1.56 bits per heavy atom. The van der Waals surface area contributed by atoms with Crippen molar-refractivity contribution >= 4 is 5.97 Å². The van der Waals surface area contributed by atoms with Gasteiger partial charge in [-0.05, 0) is 12.3 Å². The molecule has 0 radical (unpaired) electrons. The van der Waals surface area contributed by atoms with Gasteiger partial charge in [-0.15, -0.1) is 0 Å². The maximum atomic E-state index is 9.82. The summed E-state index contributed by atoms with van der Waals surface area (Å²) >= 11 is 0. The van der Waals surface area contributed by atoms with Crippen LogP contribution in [0.5, 0.6) is 0 Å². The molecule has 0 aromatic carbocycles. The highest BCUT2D eigenvalue weighted by Crippen LogP contribution is 1.95. The Bertz CT molecular complexity index is 69.3. The van der Waals surface area contributed by atoms with Gasteiger partial charge in [0.15, 0.2) is 0 Å². The smallest absolute Gasteiger partial charge is 0.0442 e. The molecule has 0 aliphatic heterocycles. The van der Waals surface area contributed by atoms with Crippen LogP contribution in [0, 0.1) is 5.92 Å². The van der Waals surface area contributed by atoms with Crippen molar-refractivity contribution in [3.8, 4) is 0 Å². The van der Waals surface area contributed by atoms with E-state index in [1.807, 2.05) is 6.92 Å². The number of rotatable bonds is 2. The molecule has 0 amide bonds. The van der Waals surface area contributed by atoms with Crippen molar-refractivity contribution in [3.05, 3.63) is 0 Å². The van der Waals surface area contributed by atoms with Crippen molar-refractivity contribution in [3.63, 3.8) is 0 Å². The second-order valence-corrected chi connectivity index (χ2v) is 1.63. The molecule has 1 unspecified atom stereocenters. The van der Waals surface area contributed by atoms with Crippen LogP contribution in [-0.4, -0.2) is 5.97 Å². The van der Waals surface area contributed by atoms with E-state index in [2.05, 4.69) is 0 Å². The van der Waals surface area contributed by atoms with E-state index in [1.165, 1.54) is 0 Å². The van der Waals surface area contributed by atoms with E-state index in [0.717, 1.165) is 0 Å². The average molecular weight is 133 g/mol. The molecular formula is C7H17O2-. The third-order valence-electron chi connectivity index (χ3n) is 1.01. The molecule has 0 N–H and O–H groups in total. The molecule has 1 atom stereocenters. The molecule has 0 rings (SSSR count). The third kappa shape index (κ3) is 7.47. The lowest BCUT2D eigenvalue weighted by Gasteiger charge is -2.06. The van der Waals surface area contributed by atoms with E-state index < -0.39 is 5.97 Å². The molecule has 9 heavy (non-hydrogen) atoms. The standard InChI is InChI=1S/C5H10O2.2CH4/c1-3-4(2)5(6)7;;/h4H,3H2,1-2H3,(H,6,7);2*1H4/p-1. The third-order valence-corrected chi connectivity index (χ3v) is 1.01. The minimum absolute atomic E-state index is 0. The fraction of sp³-hybridized carbons (Fsp3) is 0.857. The van der Waals surface area contributed by atoms with Crippen molar-refractivity contribution < 1.29 is 9.90 Å². The number of hydrogen-bond donors (Lipinski definition) is 0. The van der Waals surface area contributed by atoms with Crippen LogP contribution in [0.3, 0.4) is 0 Å². The Morgan fingerprint density at radius 3 is 1.89 bits per heavy atom. The average Bonchev–Trinajstić information content (AvgIpc) is 1.65. The van der Waals surface area contributed by atoms with Crippen molar-refractivity contribution in [1.29, 1.82) is 0 Å². The van der Waals surface area contributed by atoms with Crippen LogP contribution in [0.25, 0.3) is 0 Å². The number of carbonyl (C=O) groups excluding carboxylic acids is 1. The first-order valence-electron chi connectivity index (χ1n) is 2.39. The fourth-order valence-corrected chi connectivity index (χ4v) is 0.167. The molecule has 2 nitrogen and oxygen atoms in total. The topological polar surface area (TPSA) is 40.1 Å². The summed E-state index contributed by atoms with van der Waals surface area (Å²) < 4.78 is 0. The van der Waals surface area contributed by atoms with Crippen LogP contribution >= 0.6 is 0 Å². The zero-order valence-electron chi connectivity index (χ0n) is 4.60. The molecule has 0 saturated carbocycles. The molecule has 0 fully saturated rings. The molecule has 0 aliphatic carbocycles. The highest BCUT2D eigenvalue weighted by molar-refractivity contribution is 5.66. The van der Waals surface area contributed by atoms with Crippen molar-refractivity contribution in [2.75, 3.05) is 0 Å². The van der Waals surface area contributed by atoms with Gasteiger partial charge in [-0.3, -0.25) is 0 Å². The Morgan fingerprint density at radius 2 is 1.89 bits per heavy atom. The lowest BCUT2D eigenvalue weighted by molar-refractivity contribution is -0.311. The number of carboxylic acids is 1. The summed E-state index contributed by atoms with van der Waals surface area (Å²) in [6.07, 6.45) is 0.655. The summed E-state index contributed by atoms with van der Waals surface area (Å²) in [5.41, 5.74) is 0. The van der Waals surface area contributed by atoms with Gasteiger partial charge in [-0.1, -0.05) is 28.7 Å². The number of carboxylic acid groups (broad SMARTS) is 1. The molecule has 0 heterocycles. The van der Waals surface area contributed by atoms with Gasteiger partial charge < -0.3 is 9.90 Å². The van der Waals surface area contributed by atoms with Crippen molar-refractivity contribution in [2.24, 2.45) is 5.92 Å². The summed E-state index contributed by atoms with van der Waals surface area (Å²) in [6, 6.07) is 0. The summed E-state index contributed by atoms with van der Waals surface area (Å²) in [6.45, 7) is 3.45. The molecule has 0 aliphatic rings. The number of aliphatic carboxylic acids is 1. The van der Waals surface area contributed by atoms with Crippen LogP contribution in [0.1, 0.15) is 35.1 Å². The monoisotopic (exact) mass is 133 g/mol.